The van der Waals surface area contributed by atoms with Crippen LogP contribution >= 0.6 is 0 Å². The minimum Gasteiger partial charge on any atom is -0.395 e. The average Bonchev–Trinajstić information content (AvgIpc) is 2.31. The van der Waals surface area contributed by atoms with Gasteiger partial charge in [0.1, 0.15) is 0 Å². The molecular weight excluding hydrogens is 216 g/mol. The van der Waals surface area contributed by atoms with E-state index in [1.165, 1.54) is 44.9 Å². The van der Waals surface area contributed by atoms with Crippen LogP contribution in [0.3, 0.4) is 0 Å². The number of hydrogen-bond donors (Lipinski definition) is 0. The van der Waals surface area contributed by atoms with Crippen LogP contribution in [0.5, 0.6) is 0 Å². The Kier molecular flexibility index (Phi) is 11.0. The van der Waals surface area contributed by atoms with Crippen molar-refractivity contribution in [3.05, 3.63) is 0 Å². The Balaban J connectivity index is 3.31. The lowest BCUT2D eigenvalue weighted by atomic mass is 9.97. The summed E-state index contributed by atoms with van der Waals surface area (Å²) in [6.07, 6.45) is 10.2. The van der Waals surface area contributed by atoms with Crippen molar-refractivity contribution in [3.8, 4) is 0 Å². The Morgan fingerprint density at radius 1 is 1.12 bits per heavy atom. The van der Waals surface area contributed by atoms with Gasteiger partial charge in [0.25, 0.3) is 0 Å². The van der Waals surface area contributed by atoms with E-state index in [1.807, 2.05) is 0 Å². The van der Waals surface area contributed by atoms with Gasteiger partial charge in [-0.3, -0.25) is 9.59 Å². The highest BCUT2D eigenvalue weighted by Gasteiger charge is 2.07. The van der Waals surface area contributed by atoms with Gasteiger partial charge in [0.05, 0.1) is 0 Å². The van der Waals surface area contributed by atoms with E-state index in [2.05, 4.69) is 18.6 Å². The number of unbranched alkanes of at least 4 members (excludes halogenated alkanes) is 5. The molecule has 0 spiro atoms. The Morgan fingerprint density at radius 3 is 2.41 bits per heavy atom. The monoisotopic (exact) mass is 242 g/mol. The fourth-order valence-corrected chi connectivity index (χ4v) is 1.89. The molecule has 0 aliphatic heterocycles. The van der Waals surface area contributed by atoms with Gasteiger partial charge < -0.3 is 4.74 Å². The van der Waals surface area contributed by atoms with Crippen LogP contribution < -0.4 is 0 Å². The lowest BCUT2D eigenvalue weighted by molar-refractivity contribution is -0.151. The van der Waals surface area contributed by atoms with E-state index in [4.69, 9.17) is 0 Å². The molecule has 0 N–H and O–H groups in total. The Bertz CT molecular complexity index is 202. The molecule has 0 saturated carbocycles. The number of carbonyl (C=O) groups excluding carboxylic acids is 2. The summed E-state index contributed by atoms with van der Waals surface area (Å²) in [5.74, 6) is 0.134. The summed E-state index contributed by atoms with van der Waals surface area (Å²) in [5.41, 5.74) is 0. The molecule has 3 heteroatoms. The first kappa shape index (κ1) is 16.1. The lowest BCUT2D eigenvalue weighted by Crippen LogP contribution is -2.05. The topological polar surface area (TPSA) is 43.4 Å². The number of carbonyl (C=O) groups is 2. The maximum atomic E-state index is 10.9. The minimum atomic E-state index is -0.408. The summed E-state index contributed by atoms with van der Waals surface area (Å²) >= 11 is 0. The molecule has 0 aromatic rings. The summed E-state index contributed by atoms with van der Waals surface area (Å²) in [6, 6.07) is 0. The smallest absolute Gasteiger partial charge is 0.313 e. The summed E-state index contributed by atoms with van der Waals surface area (Å²) in [6.45, 7) is 4.58. The summed E-state index contributed by atoms with van der Waals surface area (Å²) in [4.78, 5) is 20.9. The quantitative estimate of drug-likeness (QED) is 0.239. The van der Waals surface area contributed by atoms with E-state index < -0.39 is 5.97 Å². The Hall–Kier alpha value is -0.860. The van der Waals surface area contributed by atoms with Gasteiger partial charge in [0.2, 0.25) is 0 Å². The summed E-state index contributed by atoms with van der Waals surface area (Å²) < 4.78 is 4.24. The summed E-state index contributed by atoms with van der Waals surface area (Å²) in [5, 5.41) is 0. The van der Waals surface area contributed by atoms with Crippen LogP contribution in [-0.2, 0) is 14.3 Å². The van der Waals surface area contributed by atoms with Crippen molar-refractivity contribution in [2.75, 3.05) is 0 Å². The zero-order valence-corrected chi connectivity index (χ0v) is 11.2. The minimum absolute atomic E-state index is 0.209. The fourth-order valence-electron chi connectivity index (χ4n) is 1.89. The highest BCUT2D eigenvalue weighted by Crippen LogP contribution is 2.16. The van der Waals surface area contributed by atoms with Crippen molar-refractivity contribution in [2.24, 2.45) is 5.92 Å². The maximum Gasteiger partial charge on any atom is 0.313 e. The zero-order valence-electron chi connectivity index (χ0n) is 11.2. The molecular formula is C14H26O3. The number of esters is 1. The van der Waals surface area contributed by atoms with Crippen LogP contribution in [0.2, 0.25) is 0 Å². The molecule has 1 atom stereocenters. The highest BCUT2D eigenvalue weighted by molar-refractivity contribution is 5.76. The molecule has 0 bridgehead atoms. The third-order valence-electron chi connectivity index (χ3n) is 3.07. The van der Waals surface area contributed by atoms with Gasteiger partial charge in [-0.1, -0.05) is 58.8 Å². The van der Waals surface area contributed by atoms with Gasteiger partial charge in [0.15, 0.2) is 0 Å². The normalized spacial score (nSPS) is 12.1. The number of ether oxygens (including phenoxy) is 1. The average molecular weight is 242 g/mol. The van der Waals surface area contributed by atoms with Crippen LogP contribution in [0.4, 0.5) is 0 Å². The lowest BCUT2D eigenvalue weighted by Gasteiger charge is -2.09. The molecule has 0 aromatic carbocycles. The van der Waals surface area contributed by atoms with Gasteiger partial charge in [-0.15, -0.1) is 0 Å². The standard InChI is InChI=1S/C14H26O3/c1-3-4-5-6-7-8-9-13(2)10-11-14(16)17-12-15/h12-13H,3-11H2,1-2H3. The molecule has 0 aliphatic carbocycles. The molecule has 1 unspecified atom stereocenters. The van der Waals surface area contributed by atoms with E-state index in [1.54, 1.807) is 0 Å². The fraction of sp³-hybridized carbons (Fsp3) is 0.857. The van der Waals surface area contributed by atoms with E-state index >= 15 is 0 Å². The van der Waals surface area contributed by atoms with Crippen molar-refractivity contribution in [3.63, 3.8) is 0 Å². The van der Waals surface area contributed by atoms with Gasteiger partial charge in [0, 0.05) is 6.42 Å². The molecule has 0 amide bonds. The van der Waals surface area contributed by atoms with Crippen molar-refractivity contribution in [2.45, 2.75) is 71.6 Å². The number of rotatable bonds is 11. The third-order valence-corrected chi connectivity index (χ3v) is 3.07. The molecule has 0 rings (SSSR count). The molecule has 0 heterocycles. The largest absolute Gasteiger partial charge is 0.395 e. The van der Waals surface area contributed by atoms with Crippen LogP contribution in [0, 0.1) is 5.92 Å². The van der Waals surface area contributed by atoms with Crippen molar-refractivity contribution >= 4 is 12.4 Å². The second kappa shape index (κ2) is 11.6. The highest BCUT2D eigenvalue weighted by atomic mass is 16.6. The maximum absolute atomic E-state index is 10.9. The van der Waals surface area contributed by atoms with Crippen LogP contribution in [0.25, 0.3) is 0 Å². The van der Waals surface area contributed by atoms with E-state index in [-0.39, 0.29) is 6.47 Å². The van der Waals surface area contributed by atoms with Crippen molar-refractivity contribution < 1.29 is 14.3 Å². The molecule has 0 saturated heterocycles. The first-order chi connectivity index (χ1) is 8.20. The molecule has 0 aromatic heterocycles. The van der Waals surface area contributed by atoms with Gasteiger partial charge in [-0.05, 0) is 12.3 Å². The van der Waals surface area contributed by atoms with Crippen molar-refractivity contribution in [1.82, 2.24) is 0 Å². The molecule has 0 fully saturated rings. The Morgan fingerprint density at radius 2 is 1.76 bits per heavy atom. The predicted molar refractivity (Wildman–Crippen MR) is 68.5 cm³/mol. The Labute approximate surface area is 105 Å². The molecule has 0 radical (unpaired) electrons. The van der Waals surface area contributed by atoms with Crippen LogP contribution in [0.1, 0.15) is 71.6 Å². The first-order valence-corrected chi connectivity index (χ1v) is 6.83. The molecule has 3 nitrogen and oxygen atoms in total. The van der Waals surface area contributed by atoms with E-state index in [9.17, 15) is 9.59 Å². The molecule has 0 aliphatic rings. The number of hydrogen-bond acceptors (Lipinski definition) is 3. The molecule has 17 heavy (non-hydrogen) atoms. The predicted octanol–water partition coefficient (Wildman–Crippen LogP) is 3.85. The summed E-state index contributed by atoms with van der Waals surface area (Å²) in [7, 11) is 0. The van der Waals surface area contributed by atoms with Crippen LogP contribution in [0.15, 0.2) is 0 Å². The van der Waals surface area contributed by atoms with Gasteiger partial charge in [-0.25, -0.2) is 0 Å². The van der Waals surface area contributed by atoms with Crippen LogP contribution in [-0.4, -0.2) is 12.4 Å². The van der Waals surface area contributed by atoms with E-state index in [0.29, 0.717) is 12.3 Å². The second-order valence-corrected chi connectivity index (χ2v) is 4.79. The first-order valence-electron chi connectivity index (χ1n) is 6.83. The van der Waals surface area contributed by atoms with Gasteiger partial charge in [-0.2, -0.15) is 0 Å². The van der Waals surface area contributed by atoms with Gasteiger partial charge >= 0.3 is 12.4 Å². The van der Waals surface area contributed by atoms with E-state index in [0.717, 1.165) is 6.42 Å². The second-order valence-electron chi connectivity index (χ2n) is 4.79. The third kappa shape index (κ3) is 11.4. The molecule has 100 valence electrons. The SMILES string of the molecule is CCCCCCCCC(C)CCC(=O)OC=O. The zero-order chi connectivity index (χ0) is 12.9. The van der Waals surface area contributed by atoms with Crippen molar-refractivity contribution in [1.29, 1.82) is 0 Å².